The maximum absolute atomic E-state index is 13.8. The van der Waals surface area contributed by atoms with E-state index in [0.717, 1.165) is 24.1 Å². The minimum absolute atomic E-state index is 0.0794. The molecule has 0 bridgehead atoms. The average Bonchev–Trinajstić information content (AvgIpc) is 3.29. The summed E-state index contributed by atoms with van der Waals surface area (Å²) in [6, 6.07) is 0.913. The second-order valence-corrected chi connectivity index (χ2v) is 8.10. The van der Waals surface area contributed by atoms with E-state index in [1.54, 1.807) is 4.90 Å². The van der Waals surface area contributed by atoms with Gasteiger partial charge in [-0.2, -0.15) is 13.2 Å². The van der Waals surface area contributed by atoms with E-state index in [1.165, 1.54) is 7.05 Å². The second kappa shape index (κ2) is 7.77. The van der Waals surface area contributed by atoms with Gasteiger partial charge in [-0.1, -0.05) is 0 Å². The van der Waals surface area contributed by atoms with Crippen molar-refractivity contribution in [3.63, 3.8) is 0 Å². The smallest absolute Gasteiger partial charge is 0.368 e. The Morgan fingerprint density at radius 3 is 2.39 bits per heavy atom. The third-order valence-electron chi connectivity index (χ3n) is 6.17. The van der Waals surface area contributed by atoms with Crippen LogP contribution >= 0.6 is 0 Å². The van der Waals surface area contributed by atoms with Gasteiger partial charge in [0.05, 0.1) is 10.9 Å². The van der Waals surface area contributed by atoms with Gasteiger partial charge in [-0.05, 0) is 31.7 Å². The lowest BCUT2D eigenvalue weighted by Crippen LogP contribution is -2.43. The predicted molar refractivity (Wildman–Crippen MR) is 105 cm³/mol. The Bertz CT molecular complexity index is 1140. The van der Waals surface area contributed by atoms with Gasteiger partial charge in [0.2, 0.25) is 0 Å². The normalized spacial score (nSPS) is 20.5. The van der Waals surface area contributed by atoms with E-state index in [1.807, 2.05) is 0 Å². The molecule has 2 aliphatic heterocycles. The number of aromatic nitrogens is 3. The molecule has 4 heterocycles. The molecule has 0 spiro atoms. The molecule has 1 atom stereocenters. The molecule has 11 heteroatoms. The monoisotopic (exact) mass is 440 g/mol. The number of nitrogens with zero attached hydrogens (tertiary/aromatic N) is 4. The number of rotatable bonds is 2. The van der Waals surface area contributed by atoms with Crippen LogP contribution in [-0.2, 0) is 29.8 Å². The summed E-state index contributed by atoms with van der Waals surface area (Å²) in [7, 11) is 2.43. The Morgan fingerprint density at radius 2 is 1.81 bits per heavy atom. The van der Waals surface area contributed by atoms with Crippen LogP contribution in [0.15, 0.2) is 15.7 Å². The molecule has 4 rings (SSSR count). The van der Waals surface area contributed by atoms with Crippen LogP contribution in [-0.4, -0.2) is 50.7 Å². The SMILES string of the molecule is Cn1c(=O)c2c(C(F)(F)F)cc(C3CCN(C(=O)[C@@H]4CCCO4)CC3)nc2n(C)c1=O. The highest BCUT2D eigenvalue weighted by Gasteiger charge is 2.37. The highest BCUT2D eigenvalue weighted by molar-refractivity contribution is 5.81. The Balaban J connectivity index is 1.70. The third-order valence-corrected chi connectivity index (χ3v) is 6.17. The molecule has 0 unspecified atom stereocenters. The Kier molecular flexibility index (Phi) is 5.40. The molecule has 31 heavy (non-hydrogen) atoms. The lowest BCUT2D eigenvalue weighted by molar-refractivity contribution is -0.142. The Hall–Kier alpha value is -2.69. The number of alkyl halides is 3. The number of likely N-dealkylation sites (tertiary alicyclic amines) is 1. The number of pyridine rings is 1. The van der Waals surface area contributed by atoms with E-state index in [2.05, 4.69) is 4.98 Å². The topological polar surface area (TPSA) is 86.4 Å². The number of amides is 1. The van der Waals surface area contributed by atoms with E-state index < -0.39 is 34.5 Å². The van der Waals surface area contributed by atoms with E-state index in [9.17, 15) is 27.6 Å². The van der Waals surface area contributed by atoms with Crippen molar-refractivity contribution in [3.05, 3.63) is 38.2 Å². The molecule has 2 saturated heterocycles. The summed E-state index contributed by atoms with van der Waals surface area (Å²) in [6.45, 7) is 1.34. The van der Waals surface area contributed by atoms with E-state index in [4.69, 9.17) is 4.74 Å². The van der Waals surface area contributed by atoms with Gasteiger partial charge in [-0.25, -0.2) is 9.78 Å². The molecule has 8 nitrogen and oxygen atoms in total. The fourth-order valence-electron chi connectivity index (χ4n) is 4.38. The third kappa shape index (κ3) is 3.75. The van der Waals surface area contributed by atoms with Gasteiger partial charge < -0.3 is 9.64 Å². The molecule has 168 valence electrons. The molecular weight excluding hydrogens is 417 g/mol. The Labute approximate surface area is 175 Å². The van der Waals surface area contributed by atoms with Gasteiger partial charge in [-0.3, -0.25) is 18.7 Å². The van der Waals surface area contributed by atoms with Crippen LogP contribution in [0, 0.1) is 0 Å². The molecule has 2 aromatic heterocycles. The maximum atomic E-state index is 13.8. The lowest BCUT2D eigenvalue weighted by atomic mass is 9.91. The van der Waals surface area contributed by atoms with Crippen LogP contribution < -0.4 is 11.2 Å². The fourth-order valence-corrected chi connectivity index (χ4v) is 4.38. The van der Waals surface area contributed by atoms with Crippen molar-refractivity contribution in [3.8, 4) is 0 Å². The van der Waals surface area contributed by atoms with E-state index >= 15 is 0 Å². The lowest BCUT2D eigenvalue weighted by Gasteiger charge is -2.33. The summed E-state index contributed by atoms with van der Waals surface area (Å²) >= 11 is 0. The molecule has 0 N–H and O–H groups in total. The van der Waals surface area contributed by atoms with Crippen LogP contribution in [0.1, 0.15) is 42.9 Å². The van der Waals surface area contributed by atoms with Crippen molar-refractivity contribution in [2.45, 2.75) is 43.9 Å². The van der Waals surface area contributed by atoms with Crippen molar-refractivity contribution < 1.29 is 22.7 Å². The standard InChI is InChI=1S/C20H23F3N4O4/c1-25-16-15(18(29)26(2)19(25)30)12(20(21,22)23)10-13(24-16)11-5-7-27(8-6-11)17(28)14-4-3-9-31-14/h10-11,14H,3-9H2,1-2H3/t14-/m0/s1. The number of hydrogen-bond donors (Lipinski definition) is 0. The van der Waals surface area contributed by atoms with Crippen molar-refractivity contribution in [1.82, 2.24) is 19.0 Å². The zero-order chi connectivity index (χ0) is 22.5. The number of aryl methyl sites for hydroxylation is 1. The van der Waals surface area contributed by atoms with Gasteiger partial charge >= 0.3 is 11.9 Å². The van der Waals surface area contributed by atoms with Crippen molar-refractivity contribution in [2.24, 2.45) is 14.1 Å². The zero-order valence-corrected chi connectivity index (χ0v) is 17.2. The summed E-state index contributed by atoms with van der Waals surface area (Å²) in [5.41, 5.74) is -2.97. The van der Waals surface area contributed by atoms with Gasteiger partial charge in [0.15, 0.2) is 0 Å². The molecule has 2 aromatic rings. The first kappa shape index (κ1) is 21.5. The van der Waals surface area contributed by atoms with Gasteiger partial charge in [0.1, 0.15) is 11.8 Å². The molecule has 2 fully saturated rings. The predicted octanol–water partition coefficient (Wildman–Crippen LogP) is 1.54. The number of piperidine rings is 1. The first-order chi connectivity index (χ1) is 14.6. The number of carbonyl (C=O) groups is 1. The first-order valence-electron chi connectivity index (χ1n) is 10.2. The minimum atomic E-state index is -4.78. The number of ether oxygens (including phenoxy) is 1. The van der Waals surface area contributed by atoms with E-state index in [0.29, 0.717) is 43.5 Å². The summed E-state index contributed by atoms with van der Waals surface area (Å²) < 4.78 is 48.5. The number of halogens is 3. The molecule has 1 amide bonds. The van der Waals surface area contributed by atoms with Crippen molar-refractivity contribution in [1.29, 1.82) is 0 Å². The molecule has 0 aromatic carbocycles. The van der Waals surface area contributed by atoms with Crippen LogP contribution in [0.3, 0.4) is 0 Å². The number of carbonyl (C=O) groups excluding carboxylic acids is 1. The van der Waals surface area contributed by atoms with Crippen molar-refractivity contribution >= 4 is 16.9 Å². The maximum Gasteiger partial charge on any atom is 0.417 e. The van der Waals surface area contributed by atoms with Gasteiger partial charge in [0.25, 0.3) is 11.5 Å². The quantitative estimate of drug-likeness (QED) is 0.707. The minimum Gasteiger partial charge on any atom is -0.368 e. The van der Waals surface area contributed by atoms with Crippen LogP contribution in [0.25, 0.3) is 11.0 Å². The highest BCUT2D eigenvalue weighted by atomic mass is 19.4. The van der Waals surface area contributed by atoms with Crippen LogP contribution in [0.4, 0.5) is 13.2 Å². The Morgan fingerprint density at radius 1 is 1.13 bits per heavy atom. The highest BCUT2D eigenvalue weighted by Crippen LogP contribution is 2.36. The zero-order valence-electron chi connectivity index (χ0n) is 17.2. The average molecular weight is 440 g/mol. The fraction of sp³-hybridized carbons (Fsp3) is 0.600. The first-order valence-corrected chi connectivity index (χ1v) is 10.2. The molecule has 0 aliphatic carbocycles. The van der Waals surface area contributed by atoms with Crippen molar-refractivity contribution in [2.75, 3.05) is 19.7 Å². The summed E-state index contributed by atoms with van der Waals surface area (Å²) in [4.78, 5) is 43.2. The molecule has 2 aliphatic rings. The molecular formula is C20H23F3N4O4. The molecule has 0 saturated carbocycles. The second-order valence-electron chi connectivity index (χ2n) is 8.10. The summed E-state index contributed by atoms with van der Waals surface area (Å²) in [5, 5.41) is -0.619. The van der Waals surface area contributed by atoms with Crippen LogP contribution in [0.2, 0.25) is 0 Å². The largest absolute Gasteiger partial charge is 0.417 e. The van der Waals surface area contributed by atoms with Crippen LogP contribution in [0.5, 0.6) is 0 Å². The number of hydrogen-bond acceptors (Lipinski definition) is 5. The molecule has 0 radical (unpaired) electrons. The van der Waals surface area contributed by atoms with E-state index in [-0.39, 0.29) is 23.2 Å². The number of fused-ring (bicyclic) bond motifs is 1. The van der Waals surface area contributed by atoms with Gasteiger partial charge in [-0.15, -0.1) is 0 Å². The van der Waals surface area contributed by atoms with Gasteiger partial charge in [0, 0.05) is 45.4 Å². The summed E-state index contributed by atoms with van der Waals surface area (Å²) in [6.07, 6.45) is -2.82. The summed E-state index contributed by atoms with van der Waals surface area (Å²) in [5.74, 6) is -0.400.